The van der Waals surface area contributed by atoms with Crippen molar-refractivity contribution in [2.24, 2.45) is 5.73 Å². The molecule has 0 aliphatic carbocycles. The fraction of sp³-hybridized carbons (Fsp3) is 0.615. The second kappa shape index (κ2) is 5.40. The summed E-state index contributed by atoms with van der Waals surface area (Å²) in [5.41, 5.74) is 5.41. The molecule has 0 spiro atoms. The summed E-state index contributed by atoms with van der Waals surface area (Å²) in [6.45, 7) is 5.97. The third kappa shape index (κ3) is 2.65. The van der Waals surface area contributed by atoms with Crippen molar-refractivity contribution in [1.29, 1.82) is 0 Å². The summed E-state index contributed by atoms with van der Waals surface area (Å²) in [5, 5.41) is 0. The van der Waals surface area contributed by atoms with E-state index in [4.69, 9.17) is 17.3 Å². The van der Waals surface area contributed by atoms with Crippen LogP contribution in [0.15, 0.2) is 12.1 Å². The molecule has 1 atom stereocenters. The molecule has 0 saturated carbocycles. The first-order valence-corrected chi connectivity index (χ1v) is 7.55. The first kappa shape index (κ1) is 14.8. The van der Waals surface area contributed by atoms with E-state index in [2.05, 4.69) is 4.90 Å². The predicted octanol–water partition coefficient (Wildman–Crippen LogP) is 1.95. The van der Waals surface area contributed by atoms with Gasteiger partial charge >= 0.3 is 0 Å². The molecule has 1 aliphatic heterocycles. The molecule has 1 aromatic heterocycles. The Balaban J connectivity index is 2.30. The lowest BCUT2D eigenvalue weighted by Crippen LogP contribution is -2.63. The molecule has 1 aromatic rings. The smallest absolute Gasteiger partial charge is 0.242 e. The molecule has 2 N–H and O–H groups in total. The maximum Gasteiger partial charge on any atom is 0.242 e. The molecule has 2 heterocycles. The Hall–Kier alpha value is -0.620. The average molecular weight is 302 g/mol. The average Bonchev–Trinajstić information content (AvgIpc) is 2.77. The van der Waals surface area contributed by atoms with Crippen LogP contribution in [-0.2, 0) is 4.79 Å². The van der Waals surface area contributed by atoms with Crippen LogP contribution in [0.1, 0.15) is 24.8 Å². The second-order valence-corrected chi connectivity index (χ2v) is 7.12. The van der Waals surface area contributed by atoms with Gasteiger partial charge in [-0.15, -0.1) is 11.3 Å². The molecular weight excluding hydrogens is 282 g/mol. The van der Waals surface area contributed by atoms with E-state index in [1.54, 1.807) is 4.90 Å². The molecule has 1 fully saturated rings. The highest BCUT2D eigenvalue weighted by atomic mass is 35.5. The van der Waals surface area contributed by atoms with Crippen LogP contribution < -0.4 is 5.73 Å². The normalized spacial score (nSPS) is 21.7. The van der Waals surface area contributed by atoms with Crippen molar-refractivity contribution in [2.75, 3.05) is 26.7 Å². The van der Waals surface area contributed by atoms with Gasteiger partial charge in [-0.05, 0) is 26.0 Å². The number of thiophene rings is 1. The number of amides is 1. The predicted molar refractivity (Wildman–Crippen MR) is 79.5 cm³/mol. The van der Waals surface area contributed by atoms with E-state index in [9.17, 15) is 4.79 Å². The van der Waals surface area contributed by atoms with Gasteiger partial charge in [0.1, 0.15) is 0 Å². The largest absolute Gasteiger partial charge is 0.343 e. The van der Waals surface area contributed by atoms with Gasteiger partial charge in [0, 0.05) is 31.6 Å². The molecule has 0 radical (unpaired) electrons. The molecule has 0 bridgehead atoms. The van der Waals surface area contributed by atoms with E-state index in [0.717, 1.165) is 22.3 Å². The van der Waals surface area contributed by atoms with E-state index >= 15 is 0 Å². The Kier molecular flexibility index (Phi) is 4.20. The summed E-state index contributed by atoms with van der Waals surface area (Å²) in [6, 6.07) is 3.93. The van der Waals surface area contributed by atoms with Crippen molar-refractivity contribution in [3.63, 3.8) is 0 Å². The summed E-state index contributed by atoms with van der Waals surface area (Å²) in [4.78, 5) is 17.4. The lowest BCUT2D eigenvalue weighted by Gasteiger charge is -2.48. The highest BCUT2D eigenvalue weighted by molar-refractivity contribution is 7.16. The van der Waals surface area contributed by atoms with Gasteiger partial charge in [-0.25, -0.2) is 0 Å². The topological polar surface area (TPSA) is 49.6 Å². The van der Waals surface area contributed by atoms with Gasteiger partial charge < -0.3 is 10.6 Å². The highest BCUT2D eigenvalue weighted by Crippen LogP contribution is 2.35. The number of likely N-dealkylation sites (N-methyl/N-ethyl adjacent to an activating group) is 1. The number of halogens is 1. The summed E-state index contributed by atoms with van der Waals surface area (Å²) < 4.78 is 0.756. The Morgan fingerprint density at radius 2 is 2.16 bits per heavy atom. The Labute approximate surface area is 123 Å². The van der Waals surface area contributed by atoms with E-state index in [0.29, 0.717) is 6.54 Å². The lowest BCUT2D eigenvalue weighted by atomic mass is 9.95. The van der Waals surface area contributed by atoms with Crippen LogP contribution in [-0.4, -0.2) is 47.9 Å². The van der Waals surface area contributed by atoms with Crippen LogP contribution in [0.5, 0.6) is 0 Å². The third-order valence-electron chi connectivity index (χ3n) is 3.79. The summed E-state index contributed by atoms with van der Waals surface area (Å²) in [6.07, 6.45) is 0. The Morgan fingerprint density at radius 1 is 1.47 bits per heavy atom. The quantitative estimate of drug-likeness (QED) is 0.928. The van der Waals surface area contributed by atoms with Crippen molar-refractivity contribution >= 4 is 28.8 Å². The van der Waals surface area contributed by atoms with Gasteiger partial charge in [0.05, 0.1) is 15.9 Å². The van der Waals surface area contributed by atoms with Crippen molar-refractivity contribution in [3.05, 3.63) is 21.3 Å². The zero-order valence-corrected chi connectivity index (χ0v) is 13.1. The van der Waals surface area contributed by atoms with Gasteiger partial charge in [-0.3, -0.25) is 9.69 Å². The number of hydrogen-bond acceptors (Lipinski definition) is 4. The summed E-state index contributed by atoms with van der Waals surface area (Å²) in [7, 11) is 1.85. The van der Waals surface area contributed by atoms with Gasteiger partial charge in [0.15, 0.2) is 0 Å². The number of nitrogens with zero attached hydrogens (tertiary/aromatic N) is 2. The monoisotopic (exact) mass is 301 g/mol. The van der Waals surface area contributed by atoms with Gasteiger partial charge in [-0.2, -0.15) is 0 Å². The zero-order chi connectivity index (χ0) is 14.2. The zero-order valence-electron chi connectivity index (χ0n) is 11.5. The maximum absolute atomic E-state index is 12.3. The number of nitrogens with two attached hydrogens (primary N) is 1. The first-order valence-electron chi connectivity index (χ1n) is 6.35. The Morgan fingerprint density at radius 3 is 2.68 bits per heavy atom. The molecular formula is C13H20ClN3OS. The fourth-order valence-electron chi connectivity index (χ4n) is 2.68. The number of piperazine rings is 1. The fourth-order valence-corrected chi connectivity index (χ4v) is 3.87. The third-order valence-corrected chi connectivity index (χ3v) is 5.12. The van der Waals surface area contributed by atoms with Gasteiger partial charge in [-0.1, -0.05) is 11.6 Å². The van der Waals surface area contributed by atoms with Crippen molar-refractivity contribution in [2.45, 2.75) is 25.4 Å². The minimum atomic E-state index is -0.534. The molecule has 1 amide bonds. The van der Waals surface area contributed by atoms with Crippen LogP contribution in [0.25, 0.3) is 0 Å². The van der Waals surface area contributed by atoms with Gasteiger partial charge in [0.25, 0.3) is 0 Å². The molecule has 1 unspecified atom stereocenters. The lowest BCUT2D eigenvalue weighted by molar-refractivity contribution is -0.149. The highest BCUT2D eigenvalue weighted by Gasteiger charge is 2.43. The number of carbonyl (C=O) groups is 1. The molecule has 1 aliphatic rings. The SMILES string of the molecule is CN1CCN(C(CN)c2ccc(Cl)s2)C(C)(C)C1=O. The molecule has 6 heteroatoms. The maximum atomic E-state index is 12.3. The van der Waals surface area contributed by atoms with E-state index < -0.39 is 5.54 Å². The standard InChI is InChI=1S/C13H20ClN3OS/c1-13(2)12(18)16(3)6-7-17(13)9(8-15)10-4-5-11(14)19-10/h4-5,9H,6-8,15H2,1-3H3. The number of carbonyl (C=O) groups excluding carboxylic acids is 1. The minimum Gasteiger partial charge on any atom is -0.343 e. The van der Waals surface area contributed by atoms with Crippen LogP contribution in [0.2, 0.25) is 4.34 Å². The molecule has 19 heavy (non-hydrogen) atoms. The van der Waals surface area contributed by atoms with Gasteiger partial charge in [0.2, 0.25) is 5.91 Å². The van der Waals surface area contributed by atoms with Crippen LogP contribution in [0, 0.1) is 0 Å². The van der Waals surface area contributed by atoms with Crippen LogP contribution in [0.3, 0.4) is 0 Å². The molecule has 106 valence electrons. The van der Waals surface area contributed by atoms with Crippen LogP contribution in [0.4, 0.5) is 0 Å². The summed E-state index contributed by atoms with van der Waals surface area (Å²) in [5.74, 6) is 0.139. The first-order chi connectivity index (χ1) is 8.87. The second-order valence-electron chi connectivity index (χ2n) is 5.37. The Bertz CT molecular complexity index is 474. The minimum absolute atomic E-state index is 0.0464. The van der Waals surface area contributed by atoms with Crippen molar-refractivity contribution < 1.29 is 4.79 Å². The van der Waals surface area contributed by atoms with E-state index in [1.165, 1.54) is 11.3 Å². The number of hydrogen-bond donors (Lipinski definition) is 1. The van der Waals surface area contributed by atoms with E-state index in [-0.39, 0.29) is 11.9 Å². The summed E-state index contributed by atoms with van der Waals surface area (Å²) >= 11 is 7.54. The van der Waals surface area contributed by atoms with Crippen molar-refractivity contribution in [1.82, 2.24) is 9.80 Å². The molecule has 0 aromatic carbocycles. The molecule has 4 nitrogen and oxygen atoms in total. The number of rotatable bonds is 3. The molecule has 1 saturated heterocycles. The van der Waals surface area contributed by atoms with E-state index in [1.807, 2.05) is 33.0 Å². The van der Waals surface area contributed by atoms with Crippen molar-refractivity contribution in [3.8, 4) is 0 Å². The van der Waals surface area contributed by atoms with Crippen LogP contribution >= 0.6 is 22.9 Å². The molecule has 2 rings (SSSR count).